The van der Waals surface area contributed by atoms with E-state index in [-0.39, 0.29) is 22.9 Å². The van der Waals surface area contributed by atoms with E-state index in [0.717, 1.165) is 27.8 Å². The molecule has 3 nitrogen and oxygen atoms in total. The van der Waals surface area contributed by atoms with Crippen LogP contribution in [0.2, 0.25) is 0 Å². The Labute approximate surface area is 182 Å². The number of carbonyl (C=O) groups is 1. The van der Waals surface area contributed by atoms with Gasteiger partial charge in [0.15, 0.2) is 5.78 Å². The summed E-state index contributed by atoms with van der Waals surface area (Å²) in [7, 11) is 1.54. The van der Waals surface area contributed by atoms with Gasteiger partial charge in [-0.05, 0) is 72.9 Å². The van der Waals surface area contributed by atoms with E-state index in [1.807, 2.05) is 44.2 Å². The van der Waals surface area contributed by atoms with E-state index in [2.05, 4.69) is 0 Å². The predicted molar refractivity (Wildman–Crippen MR) is 123 cm³/mol. The fraction of sp³-hybridized carbons (Fsp3) is 0.148. The van der Waals surface area contributed by atoms with Crippen LogP contribution in [0.4, 0.5) is 4.39 Å². The first-order valence-corrected chi connectivity index (χ1v) is 9.99. The second-order valence-electron chi connectivity index (χ2n) is 7.50. The van der Waals surface area contributed by atoms with Crippen molar-refractivity contribution in [1.82, 2.24) is 0 Å². The zero-order valence-corrected chi connectivity index (χ0v) is 17.9. The van der Waals surface area contributed by atoms with E-state index in [1.54, 1.807) is 24.3 Å². The zero-order chi connectivity index (χ0) is 22.4. The highest BCUT2D eigenvalue weighted by atomic mass is 19.1. The van der Waals surface area contributed by atoms with Gasteiger partial charge in [0.2, 0.25) is 0 Å². The Balaban J connectivity index is 1.86. The number of rotatable bonds is 7. The fourth-order valence-corrected chi connectivity index (χ4v) is 3.20. The highest BCUT2D eigenvalue weighted by molar-refractivity contribution is 6.08. The van der Waals surface area contributed by atoms with Gasteiger partial charge in [0, 0.05) is 6.07 Å². The van der Waals surface area contributed by atoms with Gasteiger partial charge in [0.05, 0.1) is 12.7 Å². The van der Waals surface area contributed by atoms with Gasteiger partial charge in [-0.25, -0.2) is 4.39 Å². The Hall–Kier alpha value is -3.66. The van der Waals surface area contributed by atoms with Crippen molar-refractivity contribution in [1.29, 1.82) is 0 Å². The first-order valence-electron chi connectivity index (χ1n) is 9.99. The maximum absolute atomic E-state index is 13.2. The summed E-state index contributed by atoms with van der Waals surface area (Å²) in [5, 5.41) is 10.3. The minimum absolute atomic E-state index is 0.118. The summed E-state index contributed by atoms with van der Waals surface area (Å²) in [6.07, 6.45) is 5.79. The molecular formula is C27H25FO3. The number of phenolic OH excluding ortho intramolecular Hbond substituents is 1. The fourth-order valence-electron chi connectivity index (χ4n) is 3.20. The van der Waals surface area contributed by atoms with E-state index in [4.69, 9.17) is 4.74 Å². The summed E-state index contributed by atoms with van der Waals surface area (Å²) in [5.74, 6) is -0.158. The molecule has 3 aromatic rings. The Kier molecular flexibility index (Phi) is 7.03. The van der Waals surface area contributed by atoms with Crippen LogP contribution < -0.4 is 4.74 Å². The van der Waals surface area contributed by atoms with Crippen molar-refractivity contribution in [2.45, 2.75) is 20.3 Å². The number of methoxy groups -OCH3 is 1. The van der Waals surface area contributed by atoms with Crippen LogP contribution >= 0.6 is 0 Å². The van der Waals surface area contributed by atoms with Crippen LogP contribution in [0.3, 0.4) is 0 Å². The molecule has 4 heteroatoms. The zero-order valence-electron chi connectivity index (χ0n) is 17.9. The molecule has 158 valence electrons. The number of phenols is 1. The van der Waals surface area contributed by atoms with Crippen LogP contribution in [-0.4, -0.2) is 18.0 Å². The van der Waals surface area contributed by atoms with Crippen molar-refractivity contribution >= 4 is 11.9 Å². The molecule has 0 aliphatic rings. The molecule has 0 heterocycles. The van der Waals surface area contributed by atoms with Gasteiger partial charge in [-0.3, -0.25) is 4.79 Å². The van der Waals surface area contributed by atoms with Crippen molar-refractivity contribution in [2.24, 2.45) is 0 Å². The second-order valence-corrected chi connectivity index (χ2v) is 7.50. The molecule has 0 radical (unpaired) electrons. The van der Waals surface area contributed by atoms with E-state index < -0.39 is 0 Å². The number of carbonyl (C=O) groups excluding carboxylic acids is 1. The number of halogens is 1. The molecule has 0 amide bonds. The molecule has 0 aromatic heterocycles. The topological polar surface area (TPSA) is 46.5 Å². The number of aromatic hydroxyl groups is 1. The molecule has 0 saturated carbocycles. The summed E-state index contributed by atoms with van der Waals surface area (Å²) in [5.41, 5.74) is 4.85. The molecule has 0 spiro atoms. The van der Waals surface area contributed by atoms with E-state index >= 15 is 0 Å². The lowest BCUT2D eigenvalue weighted by Crippen LogP contribution is -1.99. The molecule has 0 aliphatic carbocycles. The first kappa shape index (κ1) is 22.0. The minimum Gasteiger partial charge on any atom is -0.507 e. The first-order chi connectivity index (χ1) is 14.9. The third-order valence-electron chi connectivity index (χ3n) is 4.89. The Bertz CT molecular complexity index is 1140. The van der Waals surface area contributed by atoms with Gasteiger partial charge in [0.25, 0.3) is 0 Å². The highest BCUT2D eigenvalue weighted by Gasteiger charge is 2.14. The number of hydrogen-bond donors (Lipinski definition) is 1. The molecule has 3 aromatic carbocycles. The normalized spacial score (nSPS) is 10.8. The number of allylic oxidation sites excluding steroid dienone is 3. The molecule has 1 N–H and O–H groups in total. The number of benzene rings is 3. The van der Waals surface area contributed by atoms with Crippen LogP contribution in [0.15, 0.2) is 78.4 Å². The monoisotopic (exact) mass is 416 g/mol. The lowest BCUT2D eigenvalue weighted by molar-refractivity contribution is 0.104. The molecule has 0 saturated heterocycles. The van der Waals surface area contributed by atoms with Crippen LogP contribution in [0.1, 0.15) is 35.3 Å². The maximum Gasteiger partial charge on any atom is 0.189 e. The summed E-state index contributed by atoms with van der Waals surface area (Å²) in [6.45, 7) is 4.00. The van der Waals surface area contributed by atoms with Crippen LogP contribution in [-0.2, 0) is 6.42 Å². The molecule has 3 rings (SSSR count). The van der Waals surface area contributed by atoms with Crippen molar-refractivity contribution in [3.05, 3.63) is 101 Å². The quantitative estimate of drug-likeness (QED) is 0.268. The largest absolute Gasteiger partial charge is 0.507 e. The molecule has 0 bridgehead atoms. The molecule has 0 aliphatic heterocycles. The maximum atomic E-state index is 13.2. The number of hydrogen-bond acceptors (Lipinski definition) is 3. The van der Waals surface area contributed by atoms with Gasteiger partial charge < -0.3 is 9.84 Å². The van der Waals surface area contributed by atoms with E-state index in [1.165, 1.54) is 31.4 Å². The molecule has 0 unspecified atom stereocenters. The van der Waals surface area contributed by atoms with Crippen LogP contribution in [0.25, 0.3) is 17.2 Å². The molecule has 31 heavy (non-hydrogen) atoms. The predicted octanol–water partition coefficient (Wildman–Crippen LogP) is 6.61. The average molecular weight is 416 g/mol. The standard InChI is InChI=1S/C27H25FO3/c1-18(2)7-9-22-16-24(26(30)17-27(22)31-3)25(29)14-8-19-5-4-6-21(15-19)20-10-12-23(28)13-11-20/h4-8,10-17,30H,9H2,1-3H3/b14-8+. The van der Waals surface area contributed by atoms with E-state index in [9.17, 15) is 14.3 Å². The van der Waals surface area contributed by atoms with Gasteiger partial charge in [-0.15, -0.1) is 0 Å². The molecule has 0 atom stereocenters. The van der Waals surface area contributed by atoms with Gasteiger partial charge in [0.1, 0.15) is 17.3 Å². The SMILES string of the molecule is COc1cc(O)c(C(=O)/C=C/c2cccc(-c3ccc(F)cc3)c2)cc1CC=C(C)C. The van der Waals surface area contributed by atoms with Crippen molar-refractivity contribution in [3.63, 3.8) is 0 Å². The Morgan fingerprint density at radius 1 is 1.03 bits per heavy atom. The summed E-state index contributed by atoms with van der Waals surface area (Å²) in [4.78, 5) is 12.8. The summed E-state index contributed by atoms with van der Waals surface area (Å²) in [6, 6.07) is 17.0. The highest BCUT2D eigenvalue weighted by Crippen LogP contribution is 2.30. The van der Waals surface area contributed by atoms with Crippen molar-refractivity contribution in [2.75, 3.05) is 7.11 Å². The molecular weight excluding hydrogens is 391 g/mol. The van der Waals surface area contributed by atoms with Crippen molar-refractivity contribution < 1.29 is 19.0 Å². The van der Waals surface area contributed by atoms with Crippen molar-refractivity contribution in [3.8, 4) is 22.6 Å². The third kappa shape index (κ3) is 5.70. The average Bonchev–Trinajstić information content (AvgIpc) is 2.77. The number of ketones is 1. The molecule has 0 fully saturated rings. The van der Waals surface area contributed by atoms with Gasteiger partial charge in [-0.2, -0.15) is 0 Å². The lowest BCUT2D eigenvalue weighted by atomic mass is 10.00. The van der Waals surface area contributed by atoms with Gasteiger partial charge >= 0.3 is 0 Å². The Morgan fingerprint density at radius 3 is 2.45 bits per heavy atom. The van der Waals surface area contributed by atoms with Gasteiger partial charge in [-0.1, -0.05) is 48.1 Å². The Morgan fingerprint density at radius 2 is 1.77 bits per heavy atom. The van der Waals surface area contributed by atoms with E-state index in [0.29, 0.717) is 12.2 Å². The number of ether oxygens (including phenoxy) is 1. The summed E-state index contributed by atoms with van der Waals surface area (Å²) >= 11 is 0. The summed E-state index contributed by atoms with van der Waals surface area (Å²) < 4.78 is 18.5. The van der Waals surface area contributed by atoms with Crippen LogP contribution in [0, 0.1) is 5.82 Å². The lowest BCUT2D eigenvalue weighted by Gasteiger charge is -2.10. The third-order valence-corrected chi connectivity index (χ3v) is 4.89. The van der Waals surface area contributed by atoms with Crippen LogP contribution in [0.5, 0.6) is 11.5 Å². The minimum atomic E-state index is -0.300. The second kappa shape index (κ2) is 9.90. The smallest absolute Gasteiger partial charge is 0.189 e.